The van der Waals surface area contributed by atoms with E-state index in [-0.39, 0.29) is 12.2 Å². The van der Waals surface area contributed by atoms with Crippen molar-refractivity contribution in [3.05, 3.63) is 89.4 Å². The topological polar surface area (TPSA) is 56.6 Å². The molecule has 0 saturated heterocycles. The van der Waals surface area contributed by atoms with Crippen LogP contribution in [-0.2, 0) is 12.8 Å². The van der Waals surface area contributed by atoms with Crippen molar-refractivity contribution in [2.24, 2.45) is 4.99 Å². The van der Waals surface area contributed by atoms with E-state index < -0.39 is 17.8 Å². The Hall–Kier alpha value is -3.75. The van der Waals surface area contributed by atoms with E-state index >= 15 is 0 Å². The summed E-state index contributed by atoms with van der Waals surface area (Å²) in [4.78, 5) is 11.6. The molecule has 9 heteroatoms. The zero-order valence-electron chi connectivity index (χ0n) is 19.6. The average Bonchev–Trinajstić information content (AvgIpc) is 2.85. The van der Waals surface area contributed by atoms with Crippen LogP contribution in [0.5, 0.6) is 11.5 Å². The molecule has 0 atom stereocenters. The van der Waals surface area contributed by atoms with Crippen molar-refractivity contribution in [3.8, 4) is 11.5 Å². The van der Waals surface area contributed by atoms with E-state index in [1.54, 1.807) is 37.4 Å². The van der Waals surface area contributed by atoms with Crippen LogP contribution in [0, 0.1) is 5.95 Å². The number of allylic oxidation sites excluding steroid dienone is 1. The van der Waals surface area contributed by atoms with Crippen LogP contribution >= 0.6 is 0 Å². The van der Waals surface area contributed by atoms with E-state index in [0.29, 0.717) is 29.2 Å². The second-order valence-corrected chi connectivity index (χ2v) is 7.65. The summed E-state index contributed by atoms with van der Waals surface area (Å²) in [5.41, 5.74) is 2.02. The molecule has 0 radical (unpaired) electrons. The molecule has 184 valence electrons. The number of hydrogen-bond acceptors (Lipinski definition) is 5. The van der Waals surface area contributed by atoms with Crippen LogP contribution in [0.25, 0.3) is 5.57 Å². The number of nitrogens with zero attached hydrogens (tertiary/aromatic N) is 3. The molecule has 0 unspecified atom stereocenters. The van der Waals surface area contributed by atoms with Crippen molar-refractivity contribution in [2.45, 2.75) is 39.5 Å². The molecular formula is C26H25F4N3O2. The zero-order valence-corrected chi connectivity index (χ0v) is 19.6. The summed E-state index contributed by atoms with van der Waals surface area (Å²) in [7, 11) is 1.51. The molecule has 2 aromatic heterocycles. The Morgan fingerprint density at radius 3 is 2.57 bits per heavy atom. The minimum absolute atomic E-state index is 0.0605. The minimum Gasteiger partial charge on any atom is -0.496 e. The highest BCUT2D eigenvalue weighted by Crippen LogP contribution is 2.34. The maximum Gasteiger partial charge on any atom is 0.433 e. The highest BCUT2D eigenvalue weighted by Gasteiger charge is 2.35. The number of benzene rings is 1. The molecule has 0 aliphatic carbocycles. The van der Waals surface area contributed by atoms with Gasteiger partial charge < -0.3 is 9.47 Å². The minimum atomic E-state index is -4.57. The van der Waals surface area contributed by atoms with Crippen LogP contribution in [0.3, 0.4) is 0 Å². The van der Waals surface area contributed by atoms with Gasteiger partial charge in [0.15, 0.2) is 5.69 Å². The quantitative estimate of drug-likeness (QED) is 0.188. The van der Waals surface area contributed by atoms with Gasteiger partial charge in [0.05, 0.1) is 7.11 Å². The molecule has 0 fully saturated rings. The number of pyridine rings is 2. The monoisotopic (exact) mass is 487 g/mol. The summed E-state index contributed by atoms with van der Waals surface area (Å²) < 4.78 is 63.8. The number of rotatable bonds is 9. The lowest BCUT2D eigenvalue weighted by Crippen LogP contribution is -2.13. The molecule has 0 amide bonds. The third-order valence-corrected chi connectivity index (χ3v) is 5.15. The smallest absolute Gasteiger partial charge is 0.433 e. The second kappa shape index (κ2) is 11.6. The van der Waals surface area contributed by atoms with Gasteiger partial charge in [-0.25, -0.2) is 4.98 Å². The molecular weight excluding hydrogens is 462 g/mol. The largest absolute Gasteiger partial charge is 0.496 e. The number of ether oxygens (including phenoxy) is 2. The fourth-order valence-corrected chi connectivity index (χ4v) is 3.38. The molecule has 2 heterocycles. The van der Waals surface area contributed by atoms with Crippen molar-refractivity contribution in [1.82, 2.24) is 9.97 Å². The maximum atomic E-state index is 13.2. The molecule has 0 N–H and O–H groups in total. The van der Waals surface area contributed by atoms with Crippen LogP contribution in [0.4, 0.5) is 17.6 Å². The molecule has 0 aliphatic heterocycles. The van der Waals surface area contributed by atoms with Crippen LogP contribution in [0.1, 0.15) is 49.1 Å². The Morgan fingerprint density at radius 2 is 1.91 bits per heavy atom. The van der Waals surface area contributed by atoms with Gasteiger partial charge >= 0.3 is 6.18 Å². The van der Waals surface area contributed by atoms with Gasteiger partial charge in [0.2, 0.25) is 5.95 Å². The van der Waals surface area contributed by atoms with Crippen molar-refractivity contribution in [1.29, 1.82) is 0 Å². The standard InChI is InChI=1S/C26H25F4N3O2/c1-4-6-19(15-32-17(2)18-8-11-24(27)33-14-18)22-10-9-21(13-23(22)34-3)35-16-20-7-5-12-31-25(20)26(28,29)30/h5,7-15H,4,6,16H2,1-3H3/b19-15+,32-17+. The van der Waals surface area contributed by atoms with Gasteiger partial charge in [-0.2, -0.15) is 17.6 Å². The first-order chi connectivity index (χ1) is 16.7. The number of halogens is 4. The second-order valence-electron chi connectivity index (χ2n) is 7.65. The van der Waals surface area contributed by atoms with E-state index in [0.717, 1.165) is 23.8 Å². The van der Waals surface area contributed by atoms with Crippen LogP contribution in [0.2, 0.25) is 0 Å². The van der Waals surface area contributed by atoms with Gasteiger partial charge in [0, 0.05) is 47.1 Å². The summed E-state index contributed by atoms with van der Waals surface area (Å²) in [5.74, 6) is 0.296. The third kappa shape index (κ3) is 6.88. The average molecular weight is 487 g/mol. The number of alkyl halides is 3. The number of aromatic nitrogens is 2. The molecule has 0 spiro atoms. The molecule has 0 aliphatic rings. The lowest BCUT2D eigenvalue weighted by Gasteiger charge is -2.15. The highest BCUT2D eigenvalue weighted by molar-refractivity contribution is 5.99. The highest BCUT2D eigenvalue weighted by atomic mass is 19.4. The SMILES string of the molecule is CCC/C(=C\N=C(/C)c1ccc(F)nc1)c1ccc(OCc2cccnc2C(F)(F)F)cc1OC. The lowest BCUT2D eigenvalue weighted by atomic mass is 10.0. The van der Waals surface area contributed by atoms with Crippen LogP contribution < -0.4 is 9.47 Å². The van der Waals surface area contributed by atoms with Gasteiger partial charge in [-0.1, -0.05) is 19.4 Å². The molecule has 5 nitrogen and oxygen atoms in total. The van der Waals surface area contributed by atoms with E-state index in [1.165, 1.54) is 31.5 Å². The first kappa shape index (κ1) is 25.9. The van der Waals surface area contributed by atoms with E-state index in [4.69, 9.17) is 9.47 Å². The van der Waals surface area contributed by atoms with Crippen molar-refractivity contribution < 1.29 is 27.0 Å². The summed E-state index contributed by atoms with van der Waals surface area (Å²) in [6.45, 7) is 3.54. The summed E-state index contributed by atoms with van der Waals surface area (Å²) in [6.07, 6.45) is 1.24. The normalized spacial score (nSPS) is 12.5. The van der Waals surface area contributed by atoms with Crippen LogP contribution in [-0.4, -0.2) is 22.8 Å². The summed E-state index contributed by atoms with van der Waals surface area (Å²) in [5, 5.41) is 0. The Morgan fingerprint density at radius 1 is 1.11 bits per heavy atom. The summed E-state index contributed by atoms with van der Waals surface area (Å²) >= 11 is 0. The predicted octanol–water partition coefficient (Wildman–Crippen LogP) is 6.87. The fraction of sp³-hybridized carbons (Fsp3) is 0.269. The molecule has 3 aromatic rings. The summed E-state index contributed by atoms with van der Waals surface area (Å²) in [6, 6.07) is 10.7. The van der Waals surface area contributed by atoms with Crippen molar-refractivity contribution in [2.75, 3.05) is 7.11 Å². The van der Waals surface area contributed by atoms with Crippen LogP contribution in [0.15, 0.2) is 66.1 Å². The van der Waals surface area contributed by atoms with Gasteiger partial charge in [0.1, 0.15) is 18.1 Å². The van der Waals surface area contributed by atoms with E-state index in [1.807, 2.05) is 6.92 Å². The third-order valence-electron chi connectivity index (χ3n) is 5.15. The molecule has 1 aromatic carbocycles. The first-order valence-electron chi connectivity index (χ1n) is 10.9. The maximum absolute atomic E-state index is 13.2. The molecule has 0 bridgehead atoms. The van der Waals surface area contributed by atoms with Gasteiger partial charge in [-0.15, -0.1) is 0 Å². The zero-order chi connectivity index (χ0) is 25.4. The molecule has 3 rings (SSSR count). The molecule has 35 heavy (non-hydrogen) atoms. The van der Waals surface area contributed by atoms with Gasteiger partial charge in [-0.05, 0) is 49.2 Å². The molecule has 0 saturated carbocycles. The Labute approximate surface area is 201 Å². The van der Waals surface area contributed by atoms with E-state index in [9.17, 15) is 17.6 Å². The number of aliphatic imine (C=N–C) groups is 1. The predicted molar refractivity (Wildman–Crippen MR) is 126 cm³/mol. The number of methoxy groups -OCH3 is 1. The lowest BCUT2D eigenvalue weighted by molar-refractivity contribution is -0.142. The Bertz CT molecular complexity index is 1210. The van der Waals surface area contributed by atoms with Crippen molar-refractivity contribution in [3.63, 3.8) is 0 Å². The Balaban J connectivity index is 1.85. The van der Waals surface area contributed by atoms with Crippen molar-refractivity contribution >= 4 is 11.3 Å². The first-order valence-corrected chi connectivity index (χ1v) is 10.9. The Kier molecular flexibility index (Phi) is 8.57. The van der Waals surface area contributed by atoms with Gasteiger partial charge in [-0.3, -0.25) is 9.98 Å². The fourth-order valence-electron chi connectivity index (χ4n) is 3.38. The van der Waals surface area contributed by atoms with Gasteiger partial charge in [0.25, 0.3) is 0 Å². The van der Waals surface area contributed by atoms with E-state index in [2.05, 4.69) is 15.0 Å². The number of hydrogen-bond donors (Lipinski definition) is 0.